The molecule has 0 bridgehead atoms. The van der Waals surface area contributed by atoms with E-state index in [1.54, 1.807) is 39.3 Å². The molecule has 2 N–H and O–H groups in total. The summed E-state index contributed by atoms with van der Waals surface area (Å²) in [6.07, 6.45) is -1.14. The van der Waals surface area contributed by atoms with Crippen molar-refractivity contribution >= 4 is 9.84 Å². The van der Waals surface area contributed by atoms with Crippen LogP contribution in [0, 0.1) is 0 Å². The van der Waals surface area contributed by atoms with Crippen LogP contribution in [0.4, 0.5) is 0 Å². The first-order chi connectivity index (χ1) is 18.7. The van der Waals surface area contributed by atoms with Crippen LogP contribution in [0.1, 0.15) is 56.9 Å². The van der Waals surface area contributed by atoms with Crippen LogP contribution in [0.5, 0.6) is 17.2 Å². The molecule has 0 aromatic heterocycles. The van der Waals surface area contributed by atoms with Crippen LogP contribution >= 0.6 is 0 Å². The summed E-state index contributed by atoms with van der Waals surface area (Å²) in [5.74, 6) is 1.44. The van der Waals surface area contributed by atoms with Gasteiger partial charge in [0.2, 0.25) is 5.75 Å². The molecule has 5 atom stereocenters. The summed E-state index contributed by atoms with van der Waals surface area (Å²) in [6, 6.07) is 10.1. The Bertz CT molecular complexity index is 1150. The van der Waals surface area contributed by atoms with E-state index in [9.17, 15) is 13.6 Å². The quantitative estimate of drug-likeness (QED) is 0.302. The van der Waals surface area contributed by atoms with Crippen LogP contribution in [0.2, 0.25) is 0 Å². The van der Waals surface area contributed by atoms with Crippen molar-refractivity contribution in [1.29, 1.82) is 0 Å². The van der Waals surface area contributed by atoms with Crippen LogP contribution < -0.4 is 19.7 Å². The molecule has 1 heterocycles. The fourth-order valence-corrected chi connectivity index (χ4v) is 6.02. The van der Waals surface area contributed by atoms with Gasteiger partial charge in [0.25, 0.3) is 0 Å². The Balaban J connectivity index is 2.12. The molecule has 3 rings (SSSR count). The van der Waals surface area contributed by atoms with Gasteiger partial charge in [-0.2, -0.15) is 0 Å². The van der Waals surface area contributed by atoms with Crippen molar-refractivity contribution in [2.24, 2.45) is 0 Å². The number of methoxy groups -OCH3 is 3. The van der Waals surface area contributed by atoms with Gasteiger partial charge < -0.3 is 33.6 Å². The summed E-state index contributed by atoms with van der Waals surface area (Å²) >= 11 is 0. The Kier molecular flexibility index (Phi) is 11.4. The van der Waals surface area contributed by atoms with E-state index in [1.807, 2.05) is 32.0 Å². The molecule has 39 heavy (non-hydrogen) atoms. The Morgan fingerprint density at radius 3 is 2.13 bits per heavy atom. The van der Waals surface area contributed by atoms with E-state index in [0.717, 1.165) is 12.0 Å². The van der Waals surface area contributed by atoms with E-state index in [-0.39, 0.29) is 23.3 Å². The van der Waals surface area contributed by atoms with Gasteiger partial charge >= 0.3 is 0 Å². The average Bonchev–Trinajstić information content (AvgIpc) is 3.31. The van der Waals surface area contributed by atoms with E-state index >= 15 is 0 Å². The summed E-state index contributed by atoms with van der Waals surface area (Å²) in [7, 11) is 1.18. The summed E-state index contributed by atoms with van der Waals surface area (Å²) in [4.78, 5) is 0.233. The van der Waals surface area contributed by atoms with Crippen molar-refractivity contribution in [2.45, 2.75) is 69.0 Å². The molecule has 218 valence electrons. The Hall–Kier alpha value is -2.41. The number of hydrogen-bond donors (Lipinski definition) is 2. The van der Waals surface area contributed by atoms with Gasteiger partial charge in [-0.3, -0.25) is 0 Å². The van der Waals surface area contributed by atoms with Gasteiger partial charge in [0.15, 0.2) is 21.3 Å². The molecule has 2 aromatic carbocycles. The van der Waals surface area contributed by atoms with Crippen molar-refractivity contribution in [2.75, 3.05) is 40.3 Å². The normalized spacial score (nSPS) is 22.0. The third kappa shape index (κ3) is 7.22. The minimum Gasteiger partial charge on any atom is -0.493 e. The molecule has 2 aromatic rings. The van der Waals surface area contributed by atoms with Gasteiger partial charge in [-0.15, -0.1) is 0 Å². The molecule has 5 unspecified atom stereocenters. The van der Waals surface area contributed by atoms with E-state index in [1.165, 1.54) is 7.11 Å². The van der Waals surface area contributed by atoms with E-state index in [4.69, 9.17) is 28.4 Å². The van der Waals surface area contributed by atoms with Crippen LogP contribution in [-0.4, -0.2) is 72.2 Å². The van der Waals surface area contributed by atoms with Crippen molar-refractivity contribution in [3.05, 3.63) is 47.5 Å². The van der Waals surface area contributed by atoms with Gasteiger partial charge in [0.1, 0.15) is 24.4 Å². The standard InChI is InChI=1S/C28H41NO9S/c1-7-12-36-27-25(20-15-22(33-4)26(35-6)23(16-20)34-5)38-24(28(27)37-17-18(3)29-30)19-10-9-11-21(14-19)39(31,32)13-8-2/h9-11,14-16,18,24-25,27-30H,7-8,12-13,17H2,1-6H3. The van der Waals surface area contributed by atoms with Crippen molar-refractivity contribution in [1.82, 2.24) is 5.48 Å². The fourth-order valence-electron chi connectivity index (χ4n) is 4.64. The monoisotopic (exact) mass is 567 g/mol. The molecular formula is C28H41NO9S. The van der Waals surface area contributed by atoms with Gasteiger partial charge in [-0.05, 0) is 55.2 Å². The predicted molar refractivity (Wildman–Crippen MR) is 146 cm³/mol. The number of rotatable bonds is 15. The third-order valence-corrected chi connectivity index (χ3v) is 8.44. The first-order valence-electron chi connectivity index (χ1n) is 13.1. The van der Waals surface area contributed by atoms with Crippen LogP contribution in [-0.2, 0) is 24.0 Å². The molecule has 0 spiro atoms. The number of sulfone groups is 1. The number of benzene rings is 2. The lowest BCUT2D eigenvalue weighted by Gasteiger charge is -2.26. The number of ether oxygens (including phenoxy) is 6. The second-order valence-electron chi connectivity index (χ2n) is 9.49. The Morgan fingerprint density at radius 1 is 0.923 bits per heavy atom. The Morgan fingerprint density at radius 2 is 1.56 bits per heavy atom. The lowest BCUT2D eigenvalue weighted by atomic mass is 9.97. The van der Waals surface area contributed by atoms with E-state index in [2.05, 4.69) is 5.48 Å². The zero-order valence-corrected chi connectivity index (χ0v) is 24.3. The molecule has 0 amide bonds. The maximum atomic E-state index is 12.9. The highest BCUT2D eigenvalue weighted by atomic mass is 32.2. The topological polar surface area (TPSA) is 122 Å². The SMILES string of the molecule is CCCOC1C(c2cc(OC)c(OC)c(OC)c2)OC(c2cccc(S(=O)(=O)CCC)c2)C1OCC(C)NO. The maximum absolute atomic E-state index is 12.9. The highest BCUT2D eigenvalue weighted by Crippen LogP contribution is 2.48. The number of nitrogens with one attached hydrogen (secondary N) is 1. The number of hydrogen-bond acceptors (Lipinski definition) is 10. The maximum Gasteiger partial charge on any atom is 0.203 e. The molecule has 1 aliphatic rings. The van der Waals surface area contributed by atoms with E-state index < -0.39 is 34.3 Å². The highest BCUT2D eigenvalue weighted by Gasteiger charge is 2.48. The largest absolute Gasteiger partial charge is 0.493 e. The van der Waals surface area contributed by atoms with Gasteiger partial charge in [0, 0.05) is 6.61 Å². The molecule has 0 radical (unpaired) electrons. The van der Waals surface area contributed by atoms with Crippen molar-refractivity contribution in [3.63, 3.8) is 0 Å². The molecule has 11 heteroatoms. The van der Waals surface area contributed by atoms with Gasteiger partial charge in [-0.1, -0.05) is 26.0 Å². The molecule has 0 saturated carbocycles. The zero-order chi connectivity index (χ0) is 28.6. The zero-order valence-electron chi connectivity index (χ0n) is 23.5. The second-order valence-corrected chi connectivity index (χ2v) is 11.6. The minimum absolute atomic E-state index is 0.0535. The van der Waals surface area contributed by atoms with Gasteiger partial charge in [0.05, 0.1) is 44.6 Å². The predicted octanol–water partition coefficient (Wildman–Crippen LogP) is 4.26. The smallest absolute Gasteiger partial charge is 0.203 e. The van der Waals surface area contributed by atoms with Crippen molar-refractivity contribution < 1.29 is 42.0 Å². The van der Waals surface area contributed by atoms with Crippen LogP contribution in [0.15, 0.2) is 41.3 Å². The fraction of sp³-hybridized carbons (Fsp3) is 0.571. The number of hydroxylamine groups is 1. The van der Waals surface area contributed by atoms with Crippen LogP contribution in [0.25, 0.3) is 0 Å². The lowest BCUT2D eigenvalue weighted by Crippen LogP contribution is -2.37. The van der Waals surface area contributed by atoms with Gasteiger partial charge in [-0.25, -0.2) is 13.9 Å². The molecule has 10 nitrogen and oxygen atoms in total. The minimum atomic E-state index is -3.45. The summed E-state index contributed by atoms with van der Waals surface area (Å²) in [5, 5.41) is 9.37. The second kappa shape index (κ2) is 14.3. The van der Waals surface area contributed by atoms with Crippen LogP contribution in [0.3, 0.4) is 0 Å². The summed E-state index contributed by atoms with van der Waals surface area (Å²) in [5.41, 5.74) is 3.58. The Labute approximate surface area is 231 Å². The summed E-state index contributed by atoms with van der Waals surface area (Å²) < 4.78 is 61.6. The lowest BCUT2D eigenvalue weighted by molar-refractivity contribution is -0.0776. The molecule has 1 fully saturated rings. The summed E-state index contributed by atoms with van der Waals surface area (Å²) in [6.45, 7) is 6.25. The first kappa shape index (κ1) is 31.1. The first-order valence-corrected chi connectivity index (χ1v) is 14.8. The molecule has 1 aliphatic heterocycles. The molecule has 0 aliphatic carbocycles. The third-order valence-electron chi connectivity index (χ3n) is 6.52. The highest BCUT2D eigenvalue weighted by molar-refractivity contribution is 7.91. The molecular weight excluding hydrogens is 526 g/mol. The van der Waals surface area contributed by atoms with Crippen molar-refractivity contribution in [3.8, 4) is 17.2 Å². The molecule has 1 saturated heterocycles. The van der Waals surface area contributed by atoms with E-state index in [0.29, 0.717) is 35.8 Å². The average molecular weight is 568 g/mol.